The number of halogens is 1. The van der Waals surface area contributed by atoms with Gasteiger partial charge in [-0.1, -0.05) is 41.9 Å². The third-order valence-corrected chi connectivity index (χ3v) is 4.67. The van der Waals surface area contributed by atoms with Crippen molar-refractivity contribution in [2.24, 2.45) is 0 Å². The number of aromatic nitrogens is 2. The molecular weight excluding hydrogens is 304 g/mol. The van der Waals surface area contributed by atoms with Crippen LogP contribution < -0.4 is 0 Å². The summed E-state index contributed by atoms with van der Waals surface area (Å²) in [6.07, 6.45) is 0. The number of hydrogen-bond donors (Lipinski definition) is 0. The van der Waals surface area contributed by atoms with E-state index in [1.807, 2.05) is 32.0 Å². The van der Waals surface area contributed by atoms with E-state index in [0.717, 1.165) is 21.3 Å². The lowest BCUT2D eigenvalue weighted by atomic mass is 10.1. The van der Waals surface area contributed by atoms with E-state index in [1.165, 1.54) is 0 Å². The van der Waals surface area contributed by atoms with Crippen LogP contribution in [0.4, 0.5) is 0 Å². The fourth-order valence-corrected chi connectivity index (χ4v) is 3.36. The number of fused-ring (bicyclic) bond motifs is 1. The fourth-order valence-electron chi connectivity index (χ4n) is 2.09. The smallest absolute Gasteiger partial charge is 0.162 e. The minimum Gasteiger partial charge on any atom is -0.371 e. The van der Waals surface area contributed by atoms with Gasteiger partial charge in [-0.3, -0.25) is 0 Å². The molecule has 0 fully saturated rings. The second kappa shape index (κ2) is 5.37. The number of nitrogens with zero attached hydrogens (tertiary/aromatic N) is 2. The highest BCUT2D eigenvalue weighted by molar-refractivity contribution is 7.17. The van der Waals surface area contributed by atoms with E-state index in [9.17, 15) is 0 Å². The maximum Gasteiger partial charge on any atom is 0.162 e. The summed E-state index contributed by atoms with van der Waals surface area (Å²) in [7, 11) is 1.64. The molecule has 0 saturated carbocycles. The van der Waals surface area contributed by atoms with Gasteiger partial charge in [0.25, 0.3) is 0 Å². The molecule has 3 rings (SSSR count). The van der Waals surface area contributed by atoms with Gasteiger partial charge in [0.1, 0.15) is 15.6 Å². The molecule has 21 heavy (non-hydrogen) atoms. The van der Waals surface area contributed by atoms with Crippen LogP contribution in [0.25, 0.3) is 21.3 Å². The van der Waals surface area contributed by atoms with Gasteiger partial charge in [-0.05, 0) is 19.4 Å². The monoisotopic (exact) mass is 318 g/mol. The van der Waals surface area contributed by atoms with Crippen LogP contribution in [0.2, 0.25) is 5.15 Å². The zero-order valence-corrected chi connectivity index (χ0v) is 13.6. The highest BCUT2D eigenvalue weighted by atomic mass is 35.5. The molecule has 0 amide bonds. The van der Waals surface area contributed by atoms with Crippen LogP contribution in [0.3, 0.4) is 0 Å². The molecule has 1 aromatic carbocycles. The predicted octanol–water partition coefficient (Wildman–Crippen LogP) is 4.89. The molecule has 0 spiro atoms. The summed E-state index contributed by atoms with van der Waals surface area (Å²) < 4.78 is 5.44. The molecule has 108 valence electrons. The van der Waals surface area contributed by atoms with E-state index >= 15 is 0 Å². The maximum absolute atomic E-state index is 6.42. The number of methoxy groups -OCH3 is 1. The Morgan fingerprint density at radius 1 is 1.14 bits per heavy atom. The van der Waals surface area contributed by atoms with E-state index < -0.39 is 5.60 Å². The molecule has 0 aliphatic carbocycles. The van der Waals surface area contributed by atoms with Crippen molar-refractivity contribution in [2.45, 2.75) is 19.4 Å². The Morgan fingerprint density at radius 3 is 2.52 bits per heavy atom. The van der Waals surface area contributed by atoms with Crippen molar-refractivity contribution in [1.29, 1.82) is 0 Å². The minimum absolute atomic E-state index is 0.472. The summed E-state index contributed by atoms with van der Waals surface area (Å²) >= 11 is 7.99. The quantitative estimate of drug-likeness (QED) is 0.645. The summed E-state index contributed by atoms with van der Waals surface area (Å²) in [6, 6.07) is 10.1. The minimum atomic E-state index is -0.561. The number of hydrogen-bond acceptors (Lipinski definition) is 4. The van der Waals surface area contributed by atoms with Gasteiger partial charge in [0.2, 0.25) is 0 Å². The second-order valence-corrected chi connectivity index (χ2v) is 6.46. The zero-order chi connectivity index (χ0) is 15.0. The van der Waals surface area contributed by atoms with Gasteiger partial charge in [0.15, 0.2) is 5.82 Å². The lowest BCUT2D eigenvalue weighted by Gasteiger charge is -2.21. The Balaban J connectivity index is 2.21. The third kappa shape index (κ3) is 2.55. The molecule has 0 N–H and O–H groups in total. The molecule has 0 aliphatic rings. The Morgan fingerprint density at radius 2 is 1.86 bits per heavy atom. The first-order valence-electron chi connectivity index (χ1n) is 6.58. The van der Waals surface area contributed by atoms with Gasteiger partial charge in [0.05, 0.1) is 5.39 Å². The van der Waals surface area contributed by atoms with Crippen molar-refractivity contribution < 1.29 is 4.74 Å². The fraction of sp³-hybridized carbons (Fsp3) is 0.250. The van der Waals surface area contributed by atoms with Gasteiger partial charge < -0.3 is 4.74 Å². The highest BCUT2D eigenvalue weighted by Gasteiger charge is 2.25. The van der Waals surface area contributed by atoms with Crippen LogP contribution >= 0.6 is 22.9 Å². The Labute approximate surface area is 132 Å². The summed E-state index contributed by atoms with van der Waals surface area (Å²) in [6.45, 7) is 3.85. The normalized spacial score (nSPS) is 12.0. The molecule has 0 unspecified atom stereocenters. The number of rotatable bonds is 3. The average Bonchev–Trinajstić information content (AvgIpc) is 2.92. The SMILES string of the molecule is COC(C)(C)c1nc(Cl)c2c(-c3ccccc3)csc2n1. The highest BCUT2D eigenvalue weighted by Crippen LogP contribution is 2.37. The van der Waals surface area contributed by atoms with Crippen LogP contribution in [0.1, 0.15) is 19.7 Å². The van der Waals surface area contributed by atoms with Crippen molar-refractivity contribution in [2.75, 3.05) is 7.11 Å². The molecule has 0 aliphatic heterocycles. The van der Waals surface area contributed by atoms with E-state index in [-0.39, 0.29) is 0 Å². The van der Waals surface area contributed by atoms with Crippen molar-refractivity contribution >= 4 is 33.2 Å². The van der Waals surface area contributed by atoms with Gasteiger partial charge in [0, 0.05) is 18.1 Å². The standard InChI is InChI=1S/C16H15ClN2OS/c1-16(2,20-3)15-18-13(17)12-11(9-21-14(12)19-15)10-7-5-4-6-8-10/h4-9H,1-3H3. The molecule has 3 aromatic rings. The molecule has 0 saturated heterocycles. The summed E-state index contributed by atoms with van der Waals surface area (Å²) in [5, 5.41) is 3.45. The number of benzene rings is 1. The van der Waals surface area contributed by atoms with Crippen molar-refractivity contribution in [3.63, 3.8) is 0 Å². The van der Waals surface area contributed by atoms with Crippen LogP contribution in [-0.2, 0) is 10.3 Å². The first-order valence-corrected chi connectivity index (χ1v) is 7.84. The average molecular weight is 319 g/mol. The first kappa shape index (κ1) is 14.4. The third-order valence-electron chi connectivity index (χ3n) is 3.52. The van der Waals surface area contributed by atoms with Gasteiger partial charge in [-0.25, -0.2) is 9.97 Å². The topological polar surface area (TPSA) is 35.0 Å². The molecule has 2 heterocycles. The lowest BCUT2D eigenvalue weighted by Crippen LogP contribution is -2.22. The number of ether oxygens (including phenoxy) is 1. The van der Waals surface area contributed by atoms with Gasteiger partial charge in [-0.15, -0.1) is 11.3 Å². The zero-order valence-electron chi connectivity index (χ0n) is 12.1. The largest absolute Gasteiger partial charge is 0.371 e. The van der Waals surface area contributed by atoms with E-state index in [2.05, 4.69) is 27.5 Å². The lowest BCUT2D eigenvalue weighted by molar-refractivity contribution is 0.0118. The van der Waals surface area contributed by atoms with Crippen LogP contribution in [0.15, 0.2) is 35.7 Å². The molecule has 2 aromatic heterocycles. The van der Waals surface area contributed by atoms with E-state index in [0.29, 0.717) is 11.0 Å². The van der Waals surface area contributed by atoms with E-state index in [4.69, 9.17) is 16.3 Å². The first-order chi connectivity index (χ1) is 10.0. The summed E-state index contributed by atoms with van der Waals surface area (Å²) in [4.78, 5) is 9.94. The van der Waals surface area contributed by atoms with Gasteiger partial charge >= 0.3 is 0 Å². The summed E-state index contributed by atoms with van der Waals surface area (Å²) in [5.74, 6) is 0.601. The Bertz CT molecular complexity index is 784. The molecule has 0 bridgehead atoms. The summed E-state index contributed by atoms with van der Waals surface area (Å²) in [5.41, 5.74) is 1.63. The molecule has 0 radical (unpaired) electrons. The van der Waals surface area contributed by atoms with Crippen molar-refractivity contribution in [3.8, 4) is 11.1 Å². The second-order valence-electron chi connectivity index (χ2n) is 5.25. The van der Waals surface area contributed by atoms with Gasteiger partial charge in [-0.2, -0.15) is 0 Å². The number of thiophene rings is 1. The van der Waals surface area contributed by atoms with Crippen LogP contribution in [0.5, 0.6) is 0 Å². The van der Waals surface area contributed by atoms with Crippen LogP contribution in [0, 0.1) is 0 Å². The van der Waals surface area contributed by atoms with Crippen molar-refractivity contribution in [1.82, 2.24) is 9.97 Å². The molecule has 0 atom stereocenters. The van der Waals surface area contributed by atoms with Crippen LogP contribution in [-0.4, -0.2) is 17.1 Å². The molecule has 3 nitrogen and oxygen atoms in total. The predicted molar refractivity (Wildman–Crippen MR) is 87.9 cm³/mol. The maximum atomic E-state index is 6.42. The molecule has 5 heteroatoms. The van der Waals surface area contributed by atoms with E-state index in [1.54, 1.807) is 18.4 Å². The Hall–Kier alpha value is -1.49. The van der Waals surface area contributed by atoms with Crippen molar-refractivity contribution in [3.05, 3.63) is 46.7 Å². The Kier molecular flexibility index (Phi) is 3.69. The molecular formula is C16H15ClN2OS.